The molecule has 5 rings (SSSR count). The van der Waals surface area contributed by atoms with E-state index in [9.17, 15) is 0 Å². The molecule has 3 nitrogen and oxygen atoms in total. The van der Waals surface area contributed by atoms with Crippen LogP contribution >= 0.6 is 0 Å². The number of H-pyrrole nitrogens is 1. The molecule has 1 fully saturated rings. The Morgan fingerprint density at radius 2 is 1.28 bits per heavy atom. The summed E-state index contributed by atoms with van der Waals surface area (Å²) < 4.78 is 0. The van der Waals surface area contributed by atoms with Crippen molar-refractivity contribution in [3.63, 3.8) is 0 Å². The zero-order valence-electron chi connectivity index (χ0n) is 16.5. The van der Waals surface area contributed by atoms with Crippen molar-refractivity contribution >= 4 is 5.69 Å². The van der Waals surface area contributed by atoms with E-state index >= 15 is 0 Å². The summed E-state index contributed by atoms with van der Waals surface area (Å²) in [6, 6.07) is 29.9. The molecule has 1 aromatic heterocycles. The van der Waals surface area contributed by atoms with E-state index in [1.54, 1.807) is 0 Å². The van der Waals surface area contributed by atoms with Crippen LogP contribution in [0.5, 0.6) is 0 Å². The molecule has 0 amide bonds. The number of piperidine rings is 1. The molecule has 0 atom stereocenters. The van der Waals surface area contributed by atoms with Gasteiger partial charge in [-0.3, -0.25) is 0 Å². The second-order valence-corrected chi connectivity index (χ2v) is 7.72. The van der Waals surface area contributed by atoms with Crippen LogP contribution in [0.4, 0.5) is 5.69 Å². The molecule has 1 N–H and O–H groups in total. The quantitative estimate of drug-likeness (QED) is 0.463. The first-order chi connectivity index (χ1) is 14.4. The van der Waals surface area contributed by atoms with Crippen molar-refractivity contribution in [1.82, 2.24) is 9.97 Å². The summed E-state index contributed by atoms with van der Waals surface area (Å²) in [7, 11) is 0. The highest BCUT2D eigenvalue weighted by molar-refractivity contribution is 5.68. The van der Waals surface area contributed by atoms with Gasteiger partial charge in [-0.2, -0.15) is 0 Å². The lowest BCUT2D eigenvalue weighted by Gasteiger charge is -2.32. The number of hydrogen-bond donors (Lipinski definition) is 1. The summed E-state index contributed by atoms with van der Waals surface area (Å²) >= 11 is 0. The van der Waals surface area contributed by atoms with Gasteiger partial charge in [-0.05, 0) is 41.7 Å². The molecular formula is C26H25N3. The number of benzene rings is 3. The monoisotopic (exact) mass is 379 g/mol. The minimum absolute atomic E-state index is 0.507. The number of nitrogens with zero attached hydrogens (tertiary/aromatic N) is 2. The Morgan fingerprint density at radius 1 is 0.690 bits per heavy atom. The van der Waals surface area contributed by atoms with Gasteiger partial charge >= 0.3 is 0 Å². The van der Waals surface area contributed by atoms with Gasteiger partial charge in [0, 0.05) is 24.7 Å². The minimum atomic E-state index is 0.507. The van der Waals surface area contributed by atoms with Crippen LogP contribution in [0, 0.1) is 0 Å². The fourth-order valence-corrected chi connectivity index (χ4v) is 4.21. The first-order valence-corrected chi connectivity index (χ1v) is 10.4. The van der Waals surface area contributed by atoms with Crippen LogP contribution in [0.3, 0.4) is 0 Å². The van der Waals surface area contributed by atoms with Crippen molar-refractivity contribution in [2.24, 2.45) is 0 Å². The Bertz CT molecular complexity index is 1040. The molecule has 1 saturated heterocycles. The summed E-state index contributed by atoms with van der Waals surface area (Å²) in [6.45, 7) is 2.16. The molecule has 2 heterocycles. The maximum Gasteiger partial charge on any atom is 0.109 e. The molecule has 0 radical (unpaired) electrons. The fourth-order valence-electron chi connectivity index (χ4n) is 4.21. The molecule has 1 aliphatic heterocycles. The minimum Gasteiger partial charge on any atom is -0.371 e. The van der Waals surface area contributed by atoms with Crippen LogP contribution < -0.4 is 4.90 Å². The second kappa shape index (κ2) is 7.96. The van der Waals surface area contributed by atoms with Gasteiger partial charge in [-0.1, -0.05) is 72.8 Å². The van der Waals surface area contributed by atoms with E-state index in [0.29, 0.717) is 5.92 Å². The highest BCUT2D eigenvalue weighted by atomic mass is 15.1. The molecule has 29 heavy (non-hydrogen) atoms. The number of hydrogen-bond acceptors (Lipinski definition) is 2. The molecule has 1 aliphatic rings. The molecular weight excluding hydrogens is 354 g/mol. The van der Waals surface area contributed by atoms with Crippen LogP contribution in [0.1, 0.15) is 24.6 Å². The molecule has 3 aromatic carbocycles. The van der Waals surface area contributed by atoms with Crippen LogP contribution in [0.25, 0.3) is 22.4 Å². The molecule has 144 valence electrons. The second-order valence-electron chi connectivity index (χ2n) is 7.72. The number of rotatable bonds is 4. The summed E-state index contributed by atoms with van der Waals surface area (Å²) in [5, 5.41) is 0. The van der Waals surface area contributed by atoms with E-state index in [0.717, 1.165) is 37.4 Å². The van der Waals surface area contributed by atoms with Crippen LogP contribution in [0.15, 0.2) is 91.1 Å². The Morgan fingerprint density at radius 3 is 1.97 bits per heavy atom. The average molecular weight is 380 g/mol. The number of aromatic nitrogens is 2. The highest BCUT2D eigenvalue weighted by Gasteiger charge is 2.23. The van der Waals surface area contributed by atoms with Crippen molar-refractivity contribution in [3.8, 4) is 22.4 Å². The average Bonchev–Trinajstić information content (AvgIpc) is 3.31. The van der Waals surface area contributed by atoms with E-state index in [4.69, 9.17) is 4.98 Å². The Labute approximate surface area is 172 Å². The van der Waals surface area contributed by atoms with Gasteiger partial charge in [0.25, 0.3) is 0 Å². The van der Waals surface area contributed by atoms with E-state index in [1.165, 1.54) is 22.4 Å². The lowest BCUT2D eigenvalue weighted by Crippen LogP contribution is -2.33. The Balaban J connectivity index is 1.26. The molecule has 0 unspecified atom stereocenters. The van der Waals surface area contributed by atoms with Gasteiger partial charge in [0.05, 0.1) is 11.9 Å². The van der Waals surface area contributed by atoms with E-state index < -0.39 is 0 Å². The number of para-hydroxylation sites is 1. The topological polar surface area (TPSA) is 31.9 Å². The first-order valence-electron chi connectivity index (χ1n) is 10.4. The summed E-state index contributed by atoms with van der Waals surface area (Å²) in [4.78, 5) is 10.8. The van der Waals surface area contributed by atoms with E-state index in [-0.39, 0.29) is 0 Å². The van der Waals surface area contributed by atoms with Crippen molar-refractivity contribution in [1.29, 1.82) is 0 Å². The third kappa shape index (κ3) is 3.81. The molecule has 4 aromatic rings. The zero-order chi connectivity index (χ0) is 19.5. The number of nitrogens with one attached hydrogen (secondary N) is 1. The van der Waals surface area contributed by atoms with Gasteiger partial charge in [0.15, 0.2) is 0 Å². The van der Waals surface area contributed by atoms with Crippen LogP contribution in [-0.2, 0) is 0 Å². The summed E-state index contributed by atoms with van der Waals surface area (Å²) in [6.07, 6.45) is 4.25. The summed E-state index contributed by atoms with van der Waals surface area (Å²) in [5.74, 6) is 1.63. The van der Waals surface area contributed by atoms with Crippen LogP contribution in [0.2, 0.25) is 0 Å². The molecule has 0 aliphatic carbocycles. The standard InChI is InChI=1S/C26H25N3/c1-3-7-20(8-4-1)21-11-13-22(14-12-21)25-19-27-26(28-25)23-15-17-29(18-16-23)24-9-5-2-6-10-24/h1-14,19,23H,15-18H2,(H,27,28). The lowest BCUT2D eigenvalue weighted by atomic mass is 9.96. The van der Waals surface area contributed by atoms with Crippen molar-refractivity contribution < 1.29 is 0 Å². The van der Waals surface area contributed by atoms with Crippen LogP contribution in [-0.4, -0.2) is 23.1 Å². The SMILES string of the molecule is c1ccc(-c2ccc(-c3cnc(C4CCN(c5ccccc5)CC4)[nH]3)cc2)cc1. The van der Waals surface area contributed by atoms with Crippen molar-refractivity contribution in [2.75, 3.05) is 18.0 Å². The lowest BCUT2D eigenvalue weighted by molar-refractivity contribution is 0.489. The van der Waals surface area contributed by atoms with Gasteiger partial charge in [-0.25, -0.2) is 4.98 Å². The third-order valence-corrected chi connectivity index (χ3v) is 5.90. The zero-order valence-corrected chi connectivity index (χ0v) is 16.5. The first kappa shape index (κ1) is 17.7. The van der Waals surface area contributed by atoms with Crippen molar-refractivity contribution in [2.45, 2.75) is 18.8 Å². The highest BCUT2D eigenvalue weighted by Crippen LogP contribution is 2.30. The predicted octanol–water partition coefficient (Wildman–Crippen LogP) is 6.13. The van der Waals surface area contributed by atoms with Gasteiger partial charge in [0.2, 0.25) is 0 Å². The number of aromatic amines is 1. The summed E-state index contributed by atoms with van der Waals surface area (Å²) in [5.41, 5.74) is 6.09. The third-order valence-electron chi connectivity index (χ3n) is 5.90. The number of imidazole rings is 1. The predicted molar refractivity (Wildman–Crippen MR) is 120 cm³/mol. The van der Waals surface area contributed by atoms with Crippen molar-refractivity contribution in [3.05, 3.63) is 97.0 Å². The molecule has 0 saturated carbocycles. The molecule has 0 bridgehead atoms. The van der Waals surface area contributed by atoms with E-state index in [2.05, 4.69) is 88.7 Å². The Hall–Kier alpha value is -3.33. The normalized spacial score (nSPS) is 14.8. The largest absolute Gasteiger partial charge is 0.371 e. The smallest absolute Gasteiger partial charge is 0.109 e. The Kier molecular flexibility index (Phi) is 4.87. The number of anilines is 1. The molecule has 3 heteroatoms. The van der Waals surface area contributed by atoms with Gasteiger partial charge in [-0.15, -0.1) is 0 Å². The molecule has 0 spiro atoms. The fraction of sp³-hybridized carbons (Fsp3) is 0.192. The maximum absolute atomic E-state index is 4.72. The van der Waals surface area contributed by atoms with Gasteiger partial charge in [0.1, 0.15) is 5.82 Å². The van der Waals surface area contributed by atoms with E-state index in [1.807, 2.05) is 12.3 Å². The maximum atomic E-state index is 4.72. The van der Waals surface area contributed by atoms with Gasteiger partial charge < -0.3 is 9.88 Å².